The molecule has 0 radical (unpaired) electrons. The van der Waals surface area contributed by atoms with Gasteiger partial charge in [0.2, 0.25) is 10.0 Å². The summed E-state index contributed by atoms with van der Waals surface area (Å²) >= 11 is 0. The Labute approximate surface area is 186 Å². The lowest BCUT2D eigenvalue weighted by Crippen LogP contribution is -2.44. The van der Waals surface area contributed by atoms with Gasteiger partial charge in [-0.15, -0.1) is 0 Å². The predicted octanol–water partition coefficient (Wildman–Crippen LogP) is 4.01. The van der Waals surface area contributed by atoms with Crippen molar-refractivity contribution in [2.45, 2.75) is 57.2 Å². The number of hydrogen-bond acceptors (Lipinski definition) is 4. The molecule has 2 unspecified atom stereocenters. The maximum Gasteiger partial charge on any atom is 0.211 e. The summed E-state index contributed by atoms with van der Waals surface area (Å²) in [6.07, 6.45) is 8.76. The fourth-order valence-corrected chi connectivity index (χ4v) is 6.02. The number of nitrogens with zero attached hydrogens (tertiary/aromatic N) is 1. The average Bonchev–Trinajstić information content (AvgIpc) is 3.33. The molecule has 0 spiro atoms. The minimum absolute atomic E-state index is 0.129. The fraction of sp³-hybridized carbons (Fsp3) is 0.667. The number of sulfonamides is 1. The Hall–Kier alpha value is -1.44. The number of piperidine rings is 1. The zero-order chi connectivity index (χ0) is 21.8. The molecule has 4 rings (SSSR count). The third-order valence-electron chi connectivity index (χ3n) is 7.15. The molecule has 5 nitrogen and oxygen atoms in total. The number of ether oxygens (including phenoxy) is 1. The molecule has 1 aromatic rings. The molecule has 1 aliphatic carbocycles. The molecular weight excluding hydrogens is 415 g/mol. The van der Waals surface area contributed by atoms with Gasteiger partial charge in [0.15, 0.2) is 0 Å². The van der Waals surface area contributed by atoms with Crippen molar-refractivity contribution >= 4 is 15.6 Å². The monoisotopic (exact) mass is 450 g/mol. The van der Waals surface area contributed by atoms with E-state index in [0.717, 1.165) is 68.5 Å². The molecule has 7 heteroatoms. The molecule has 1 aromatic carbocycles. The van der Waals surface area contributed by atoms with Crippen LogP contribution in [-0.2, 0) is 10.0 Å². The van der Waals surface area contributed by atoms with Gasteiger partial charge in [0.1, 0.15) is 18.0 Å². The summed E-state index contributed by atoms with van der Waals surface area (Å²) < 4.78 is 46.8. The Morgan fingerprint density at radius 2 is 1.74 bits per heavy atom. The van der Waals surface area contributed by atoms with Crippen molar-refractivity contribution in [1.29, 1.82) is 0 Å². The molecule has 1 saturated carbocycles. The minimum Gasteiger partial charge on any atom is -0.487 e. The normalized spacial score (nSPS) is 24.0. The summed E-state index contributed by atoms with van der Waals surface area (Å²) in [5.74, 6) is 1.10. The Morgan fingerprint density at radius 1 is 1.06 bits per heavy atom. The van der Waals surface area contributed by atoms with Gasteiger partial charge < -0.3 is 10.1 Å². The van der Waals surface area contributed by atoms with E-state index in [2.05, 4.69) is 5.32 Å². The molecule has 1 N–H and O–H groups in total. The molecular formula is C24H35FN2O3S. The second-order valence-electron chi connectivity index (χ2n) is 9.28. The second-order valence-corrected chi connectivity index (χ2v) is 11.3. The van der Waals surface area contributed by atoms with E-state index in [9.17, 15) is 8.42 Å². The lowest BCUT2D eigenvalue weighted by Gasteiger charge is -2.35. The zero-order valence-electron chi connectivity index (χ0n) is 18.4. The maximum absolute atomic E-state index is 15.5. The topological polar surface area (TPSA) is 58.6 Å². The quantitative estimate of drug-likeness (QED) is 0.682. The van der Waals surface area contributed by atoms with Gasteiger partial charge >= 0.3 is 0 Å². The molecule has 3 aliphatic rings. The Bertz CT molecular complexity index is 859. The van der Waals surface area contributed by atoms with Crippen molar-refractivity contribution in [3.63, 3.8) is 0 Å². The van der Waals surface area contributed by atoms with E-state index in [-0.39, 0.29) is 17.9 Å². The average molecular weight is 451 g/mol. The summed E-state index contributed by atoms with van der Waals surface area (Å²) in [5.41, 5.74) is 2.22. The molecule has 0 aromatic heterocycles. The summed E-state index contributed by atoms with van der Waals surface area (Å²) in [6.45, 7) is 2.78. The van der Waals surface area contributed by atoms with Crippen LogP contribution < -0.4 is 10.1 Å². The van der Waals surface area contributed by atoms with Gasteiger partial charge in [-0.2, -0.15) is 4.31 Å². The Kier molecular flexibility index (Phi) is 7.34. The van der Waals surface area contributed by atoms with E-state index in [1.54, 1.807) is 0 Å². The number of rotatable bonds is 7. The molecule has 2 aliphatic heterocycles. The summed E-state index contributed by atoms with van der Waals surface area (Å²) in [5, 5.41) is 3.37. The van der Waals surface area contributed by atoms with Gasteiger partial charge in [-0.3, -0.25) is 0 Å². The minimum atomic E-state index is -3.15. The third kappa shape index (κ3) is 5.68. The van der Waals surface area contributed by atoms with Crippen LogP contribution in [0.4, 0.5) is 4.39 Å². The number of benzene rings is 1. The van der Waals surface area contributed by atoms with Crippen LogP contribution in [0.25, 0.3) is 5.57 Å². The van der Waals surface area contributed by atoms with Gasteiger partial charge in [-0.25, -0.2) is 12.8 Å². The molecule has 2 heterocycles. The first-order chi connectivity index (χ1) is 14.9. The summed E-state index contributed by atoms with van der Waals surface area (Å²) in [4.78, 5) is 0. The SMILES string of the molecule is CS(=O)(=O)N1CC=C(c2ccc(OC(C3CCNCC3)C(F)C3CCCC3)cc2)CC1. The standard InChI is InChI=1S/C24H35FN2O3S/c1-31(28,29)27-16-12-19(13-17-27)18-6-8-22(9-7-18)30-24(21-10-14-26-15-11-21)23(25)20-4-2-3-5-20/h6-9,12,20-21,23-24,26H,2-5,10-11,13-17H2,1H3. The van der Waals surface area contributed by atoms with Gasteiger partial charge in [0.05, 0.1) is 6.26 Å². The van der Waals surface area contributed by atoms with E-state index in [1.165, 1.54) is 10.6 Å². The van der Waals surface area contributed by atoms with E-state index in [1.807, 2.05) is 30.3 Å². The Morgan fingerprint density at radius 3 is 2.32 bits per heavy atom. The molecule has 2 atom stereocenters. The first-order valence-electron chi connectivity index (χ1n) is 11.7. The number of alkyl halides is 1. The lowest BCUT2D eigenvalue weighted by molar-refractivity contribution is 0.0105. The van der Waals surface area contributed by atoms with Crippen LogP contribution in [0.1, 0.15) is 50.5 Å². The van der Waals surface area contributed by atoms with Crippen molar-refractivity contribution in [2.75, 3.05) is 32.4 Å². The largest absolute Gasteiger partial charge is 0.487 e. The molecule has 0 bridgehead atoms. The van der Waals surface area contributed by atoms with Crippen LogP contribution >= 0.6 is 0 Å². The predicted molar refractivity (Wildman–Crippen MR) is 122 cm³/mol. The van der Waals surface area contributed by atoms with Crippen molar-refractivity contribution in [1.82, 2.24) is 9.62 Å². The zero-order valence-corrected chi connectivity index (χ0v) is 19.2. The van der Waals surface area contributed by atoms with Crippen molar-refractivity contribution < 1.29 is 17.5 Å². The van der Waals surface area contributed by atoms with Crippen molar-refractivity contribution in [2.24, 2.45) is 11.8 Å². The van der Waals surface area contributed by atoms with Gasteiger partial charge in [0.25, 0.3) is 0 Å². The maximum atomic E-state index is 15.5. The van der Waals surface area contributed by atoms with Crippen molar-refractivity contribution in [3.05, 3.63) is 35.9 Å². The van der Waals surface area contributed by atoms with Gasteiger partial charge in [0, 0.05) is 19.0 Å². The second kappa shape index (κ2) is 10.0. The van der Waals surface area contributed by atoms with Crippen LogP contribution in [0.2, 0.25) is 0 Å². The van der Waals surface area contributed by atoms with E-state index in [0.29, 0.717) is 19.5 Å². The number of hydrogen-bond donors (Lipinski definition) is 1. The van der Waals surface area contributed by atoms with E-state index >= 15 is 4.39 Å². The highest BCUT2D eigenvalue weighted by Crippen LogP contribution is 2.36. The first-order valence-corrected chi connectivity index (χ1v) is 13.5. The molecule has 0 amide bonds. The lowest BCUT2D eigenvalue weighted by atomic mass is 9.84. The highest BCUT2D eigenvalue weighted by molar-refractivity contribution is 7.88. The Balaban J connectivity index is 1.44. The van der Waals surface area contributed by atoms with Crippen LogP contribution in [0.3, 0.4) is 0 Å². The molecule has 1 saturated heterocycles. The van der Waals surface area contributed by atoms with Crippen molar-refractivity contribution in [3.8, 4) is 5.75 Å². The molecule has 31 heavy (non-hydrogen) atoms. The highest BCUT2D eigenvalue weighted by Gasteiger charge is 2.38. The first kappa shape index (κ1) is 22.7. The molecule has 172 valence electrons. The van der Waals surface area contributed by atoms with Gasteiger partial charge in [-0.1, -0.05) is 31.1 Å². The number of halogens is 1. The van der Waals surface area contributed by atoms with Crippen LogP contribution in [0.5, 0.6) is 5.75 Å². The summed E-state index contributed by atoms with van der Waals surface area (Å²) in [6, 6.07) is 7.91. The number of nitrogens with one attached hydrogen (secondary N) is 1. The van der Waals surface area contributed by atoms with E-state index in [4.69, 9.17) is 4.74 Å². The summed E-state index contributed by atoms with van der Waals surface area (Å²) in [7, 11) is -3.15. The van der Waals surface area contributed by atoms with Crippen LogP contribution in [-0.4, -0.2) is 57.4 Å². The molecule has 2 fully saturated rings. The highest BCUT2D eigenvalue weighted by atomic mass is 32.2. The third-order valence-corrected chi connectivity index (χ3v) is 8.42. The fourth-order valence-electron chi connectivity index (χ4n) is 5.26. The van der Waals surface area contributed by atoms with Crippen LogP contribution in [0.15, 0.2) is 30.3 Å². The smallest absolute Gasteiger partial charge is 0.211 e. The van der Waals surface area contributed by atoms with Gasteiger partial charge in [-0.05, 0) is 74.4 Å². The van der Waals surface area contributed by atoms with Crippen LogP contribution in [0, 0.1) is 11.8 Å². The van der Waals surface area contributed by atoms with E-state index < -0.39 is 16.2 Å².